The highest BCUT2D eigenvalue weighted by Crippen LogP contribution is 2.19. The minimum absolute atomic E-state index is 0.582. The van der Waals surface area contributed by atoms with Crippen molar-refractivity contribution in [1.29, 1.82) is 5.26 Å². The van der Waals surface area contributed by atoms with Crippen molar-refractivity contribution < 1.29 is 0 Å². The molecule has 0 radical (unpaired) electrons. The number of hydrogen-bond acceptors (Lipinski definition) is 5. The predicted molar refractivity (Wildman–Crippen MR) is 103 cm³/mol. The third kappa shape index (κ3) is 3.80. The van der Waals surface area contributed by atoms with E-state index in [1.165, 1.54) is 6.33 Å². The number of halogens is 1. The van der Waals surface area contributed by atoms with Crippen LogP contribution in [0, 0.1) is 11.3 Å². The van der Waals surface area contributed by atoms with Gasteiger partial charge in [-0.2, -0.15) is 14.9 Å². The van der Waals surface area contributed by atoms with Gasteiger partial charge >= 0.3 is 0 Å². The summed E-state index contributed by atoms with van der Waals surface area (Å²) in [7, 11) is 0. The first-order chi connectivity index (χ1) is 13.2. The van der Waals surface area contributed by atoms with Crippen molar-refractivity contribution in [3.8, 4) is 17.5 Å². The normalized spacial score (nSPS) is 10.8. The predicted octanol–water partition coefficient (Wildman–Crippen LogP) is 3.61. The average Bonchev–Trinajstić information content (AvgIpc) is 3.16. The van der Waals surface area contributed by atoms with Crippen LogP contribution >= 0.6 is 11.6 Å². The second kappa shape index (κ2) is 7.54. The van der Waals surface area contributed by atoms with Crippen molar-refractivity contribution >= 4 is 17.2 Å². The van der Waals surface area contributed by atoms with Gasteiger partial charge in [0.1, 0.15) is 6.33 Å². The summed E-state index contributed by atoms with van der Waals surface area (Å²) in [6.45, 7) is 1.27. The fourth-order valence-corrected chi connectivity index (χ4v) is 3.04. The van der Waals surface area contributed by atoms with Gasteiger partial charge in [0.25, 0.3) is 0 Å². The van der Waals surface area contributed by atoms with Crippen LogP contribution in [0.4, 0.5) is 0 Å². The Hall–Kier alpha value is -3.27. The van der Waals surface area contributed by atoms with E-state index in [0.29, 0.717) is 24.5 Å². The SMILES string of the molecule is N#Cc1ccc(-c2nc(CNCc3cccc(Cl)c3)cc3ncnn23)cc1. The van der Waals surface area contributed by atoms with Gasteiger partial charge in [-0.05, 0) is 42.0 Å². The molecule has 4 rings (SSSR count). The molecule has 7 heteroatoms. The molecule has 0 atom stereocenters. The summed E-state index contributed by atoms with van der Waals surface area (Å²) in [5.41, 5.74) is 4.17. The first-order valence-corrected chi connectivity index (χ1v) is 8.76. The van der Waals surface area contributed by atoms with Gasteiger partial charge in [0.15, 0.2) is 11.5 Å². The lowest BCUT2D eigenvalue weighted by Gasteiger charge is -2.09. The molecule has 0 fully saturated rings. The van der Waals surface area contributed by atoms with Gasteiger partial charge in [-0.15, -0.1) is 0 Å². The van der Waals surface area contributed by atoms with E-state index in [-0.39, 0.29) is 0 Å². The molecule has 4 aromatic rings. The van der Waals surface area contributed by atoms with E-state index in [9.17, 15) is 0 Å². The molecule has 0 aliphatic rings. The highest BCUT2D eigenvalue weighted by atomic mass is 35.5. The highest BCUT2D eigenvalue weighted by Gasteiger charge is 2.10. The number of nitrogens with zero attached hydrogens (tertiary/aromatic N) is 5. The van der Waals surface area contributed by atoms with E-state index in [1.54, 1.807) is 16.6 Å². The Kier molecular flexibility index (Phi) is 4.79. The molecule has 2 heterocycles. The Labute approximate surface area is 161 Å². The zero-order valence-corrected chi connectivity index (χ0v) is 15.1. The molecule has 132 valence electrons. The minimum atomic E-state index is 0.582. The van der Waals surface area contributed by atoms with Crippen molar-refractivity contribution in [2.24, 2.45) is 0 Å². The van der Waals surface area contributed by atoms with Crippen LogP contribution in [0.1, 0.15) is 16.8 Å². The van der Waals surface area contributed by atoms with Crippen molar-refractivity contribution in [1.82, 2.24) is 24.9 Å². The highest BCUT2D eigenvalue weighted by molar-refractivity contribution is 6.30. The van der Waals surface area contributed by atoms with Gasteiger partial charge in [-0.25, -0.2) is 9.97 Å². The Balaban J connectivity index is 1.59. The van der Waals surface area contributed by atoms with E-state index < -0.39 is 0 Å². The van der Waals surface area contributed by atoms with Gasteiger partial charge in [0, 0.05) is 29.7 Å². The minimum Gasteiger partial charge on any atom is -0.307 e. The maximum Gasteiger partial charge on any atom is 0.163 e. The maximum absolute atomic E-state index is 8.98. The number of nitriles is 1. The zero-order chi connectivity index (χ0) is 18.6. The molecular formula is C20H15ClN6. The van der Waals surface area contributed by atoms with Crippen LogP contribution in [-0.4, -0.2) is 19.6 Å². The van der Waals surface area contributed by atoms with Crippen LogP contribution in [0.25, 0.3) is 17.0 Å². The fourth-order valence-electron chi connectivity index (χ4n) is 2.83. The lowest BCUT2D eigenvalue weighted by atomic mass is 10.1. The van der Waals surface area contributed by atoms with Crippen LogP contribution in [0.15, 0.2) is 60.9 Å². The smallest absolute Gasteiger partial charge is 0.163 e. The Bertz CT molecular complexity index is 1130. The molecule has 0 saturated heterocycles. The van der Waals surface area contributed by atoms with Crippen LogP contribution in [0.2, 0.25) is 5.02 Å². The molecule has 0 spiro atoms. The van der Waals surface area contributed by atoms with Gasteiger partial charge in [-0.3, -0.25) is 0 Å². The number of rotatable bonds is 5. The van der Waals surface area contributed by atoms with Crippen LogP contribution < -0.4 is 5.32 Å². The second-order valence-electron chi connectivity index (χ2n) is 6.02. The quantitative estimate of drug-likeness (QED) is 0.577. The Morgan fingerprint density at radius 3 is 2.70 bits per heavy atom. The van der Waals surface area contributed by atoms with Crippen molar-refractivity contribution in [2.45, 2.75) is 13.1 Å². The number of benzene rings is 2. The zero-order valence-electron chi connectivity index (χ0n) is 14.3. The summed E-state index contributed by atoms with van der Waals surface area (Å²) in [4.78, 5) is 9.03. The van der Waals surface area contributed by atoms with Crippen LogP contribution in [-0.2, 0) is 13.1 Å². The topological polar surface area (TPSA) is 78.9 Å². The monoisotopic (exact) mass is 374 g/mol. The Morgan fingerprint density at radius 1 is 1.07 bits per heavy atom. The van der Waals surface area contributed by atoms with E-state index in [0.717, 1.165) is 27.5 Å². The number of nitrogens with one attached hydrogen (secondary N) is 1. The Morgan fingerprint density at radius 2 is 1.93 bits per heavy atom. The molecule has 2 aromatic carbocycles. The van der Waals surface area contributed by atoms with Crippen molar-refractivity contribution in [3.05, 3.63) is 82.8 Å². The molecule has 6 nitrogen and oxygen atoms in total. The largest absolute Gasteiger partial charge is 0.307 e. The molecule has 0 bridgehead atoms. The summed E-state index contributed by atoms with van der Waals surface area (Å²) in [5.74, 6) is 0.689. The molecule has 27 heavy (non-hydrogen) atoms. The fraction of sp³-hybridized carbons (Fsp3) is 0.100. The third-order valence-electron chi connectivity index (χ3n) is 4.12. The maximum atomic E-state index is 8.98. The molecule has 1 N–H and O–H groups in total. The third-order valence-corrected chi connectivity index (χ3v) is 4.35. The molecule has 0 aliphatic heterocycles. The van der Waals surface area contributed by atoms with E-state index in [1.807, 2.05) is 42.5 Å². The first kappa shape index (κ1) is 17.2. The average molecular weight is 375 g/mol. The van der Waals surface area contributed by atoms with Gasteiger partial charge in [-0.1, -0.05) is 23.7 Å². The van der Waals surface area contributed by atoms with Gasteiger partial charge < -0.3 is 5.32 Å². The molecule has 0 amide bonds. The van der Waals surface area contributed by atoms with E-state index >= 15 is 0 Å². The van der Waals surface area contributed by atoms with Gasteiger partial charge in [0.2, 0.25) is 0 Å². The van der Waals surface area contributed by atoms with Gasteiger partial charge in [0.05, 0.1) is 17.3 Å². The molecular weight excluding hydrogens is 360 g/mol. The number of fused-ring (bicyclic) bond motifs is 1. The van der Waals surface area contributed by atoms with Crippen molar-refractivity contribution in [3.63, 3.8) is 0 Å². The van der Waals surface area contributed by atoms with Crippen LogP contribution in [0.3, 0.4) is 0 Å². The second-order valence-corrected chi connectivity index (χ2v) is 6.46. The standard InChI is InChI=1S/C20H15ClN6/c21-17-3-1-2-15(8-17)11-23-12-18-9-19-24-13-25-27(19)20(26-18)16-6-4-14(10-22)5-7-16/h1-9,13,23H,11-12H2. The number of aromatic nitrogens is 4. The summed E-state index contributed by atoms with van der Waals surface area (Å²) in [6.07, 6.45) is 1.51. The van der Waals surface area contributed by atoms with Crippen LogP contribution in [0.5, 0.6) is 0 Å². The van der Waals surface area contributed by atoms with Crippen molar-refractivity contribution in [2.75, 3.05) is 0 Å². The summed E-state index contributed by atoms with van der Waals surface area (Å²) in [5, 5.41) is 17.3. The lowest BCUT2D eigenvalue weighted by Crippen LogP contribution is -2.15. The first-order valence-electron chi connectivity index (χ1n) is 8.38. The molecule has 0 unspecified atom stereocenters. The van der Waals surface area contributed by atoms with E-state index in [4.69, 9.17) is 21.8 Å². The molecule has 0 aliphatic carbocycles. The molecule has 2 aromatic heterocycles. The number of hydrogen-bond donors (Lipinski definition) is 1. The summed E-state index contributed by atoms with van der Waals surface area (Å²) >= 11 is 6.03. The van der Waals surface area contributed by atoms with E-state index in [2.05, 4.69) is 21.5 Å². The summed E-state index contributed by atoms with van der Waals surface area (Å²) < 4.78 is 1.70. The molecule has 0 saturated carbocycles. The summed E-state index contributed by atoms with van der Waals surface area (Å²) in [6, 6.07) is 19.0. The lowest BCUT2D eigenvalue weighted by molar-refractivity contribution is 0.677.